The highest BCUT2D eigenvalue weighted by Crippen LogP contribution is 2.13. The van der Waals surface area contributed by atoms with Crippen molar-refractivity contribution >= 4 is 11.6 Å². The fraction of sp³-hybridized carbons (Fsp3) is 0.625. The predicted molar refractivity (Wildman–Crippen MR) is 85.4 cm³/mol. The minimum Gasteiger partial charge on any atom is -0.497 e. The van der Waals surface area contributed by atoms with E-state index in [1.165, 1.54) is 0 Å². The minimum absolute atomic E-state index is 0.00553. The third-order valence-electron chi connectivity index (χ3n) is 3.45. The van der Waals surface area contributed by atoms with Gasteiger partial charge in [0.1, 0.15) is 5.75 Å². The molecule has 1 aromatic rings. The number of methoxy groups -OCH3 is 2. The first-order valence-corrected chi connectivity index (χ1v) is 7.79. The molecular formula is C16H25ClO5. The van der Waals surface area contributed by atoms with Gasteiger partial charge in [0.2, 0.25) is 0 Å². The zero-order valence-electron chi connectivity index (χ0n) is 13.1. The number of ether oxygens (including phenoxy) is 3. The molecule has 0 spiro atoms. The van der Waals surface area contributed by atoms with E-state index in [4.69, 9.17) is 25.8 Å². The van der Waals surface area contributed by atoms with Gasteiger partial charge in [0.25, 0.3) is 0 Å². The Hall–Kier alpha value is -0.850. The number of halogens is 1. The molecule has 6 heteroatoms. The lowest BCUT2D eigenvalue weighted by molar-refractivity contribution is -0.0246. The third kappa shape index (κ3) is 6.94. The van der Waals surface area contributed by atoms with Crippen molar-refractivity contribution in [2.24, 2.45) is 0 Å². The SMILES string of the molecule is COc1ccc(COCC[C@@H](C[C@@H](O)[C@H](O)CCl)OC)cc1. The fourth-order valence-electron chi connectivity index (χ4n) is 1.99. The lowest BCUT2D eigenvalue weighted by atomic mass is 10.1. The summed E-state index contributed by atoms with van der Waals surface area (Å²) in [6, 6.07) is 7.68. The van der Waals surface area contributed by atoms with Crippen molar-refractivity contribution in [1.29, 1.82) is 0 Å². The van der Waals surface area contributed by atoms with Crippen molar-refractivity contribution in [3.8, 4) is 5.75 Å². The molecule has 0 unspecified atom stereocenters. The summed E-state index contributed by atoms with van der Waals surface area (Å²) in [7, 11) is 3.21. The van der Waals surface area contributed by atoms with E-state index in [-0.39, 0.29) is 12.0 Å². The Kier molecular flexibility index (Phi) is 9.43. The number of benzene rings is 1. The van der Waals surface area contributed by atoms with E-state index in [0.29, 0.717) is 26.1 Å². The average molecular weight is 333 g/mol. The molecule has 0 saturated carbocycles. The van der Waals surface area contributed by atoms with Crippen LogP contribution in [-0.4, -0.2) is 55.2 Å². The van der Waals surface area contributed by atoms with Crippen LogP contribution in [-0.2, 0) is 16.1 Å². The fourth-order valence-corrected chi connectivity index (χ4v) is 2.19. The van der Waals surface area contributed by atoms with Gasteiger partial charge in [-0.2, -0.15) is 0 Å². The molecule has 2 N–H and O–H groups in total. The molecule has 3 atom stereocenters. The van der Waals surface area contributed by atoms with Crippen LogP contribution in [0, 0.1) is 0 Å². The summed E-state index contributed by atoms with van der Waals surface area (Å²) in [6.45, 7) is 1.02. The summed E-state index contributed by atoms with van der Waals surface area (Å²) in [5, 5.41) is 19.2. The maximum Gasteiger partial charge on any atom is 0.118 e. The molecule has 126 valence electrons. The van der Waals surface area contributed by atoms with Gasteiger partial charge < -0.3 is 24.4 Å². The molecule has 0 aliphatic carbocycles. The summed E-state index contributed by atoms with van der Waals surface area (Å²) in [6.07, 6.45) is -1.03. The van der Waals surface area contributed by atoms with Crippen LogP contribution in [0.1, 0.15) is 18.4 Å². The van der Waals surface area contributed by atoms with Crippen LogP contribution >= 0.6 is 11.6 Å². The Morgan fingerprint density at radius 3 is 2.32 bits per heavy atom. The zero-order chi connectivity index (χ0) is 16.4. The van der Waals surface area contributed by atoms with E-state index in [2.05, 4.69) is 0 Å². The van der Waals surface area contributed by atoms with Gasteiger partial charge in [0.05, 0.1) is 37.9 Å². The minimum atomic E-state index is -0.931. The maximum absolute atomic E-state index is 9.74. The van der Waals surface area contributed by atoms with Gasteiger partial charge in [-0.3, -0.25) is 0 Å². The van der Waals surface area contributed by atoms with Crippen molar-refractivity contribution in [1.82, 2.24) is 0 Å². The van der Waals surface area contributed by atoms with Crippen molar-refractivity contribution in [2.45, 2.75) is 37.8 Å². The van der Waals surface area contributed by atoms with E-state index in [0.717, 1.165) is 11.3 Å². The summed E-state index contributed by atoms with van der Waals surface area (Å²) < 4.78 is 16.0. The van der Waals surface area contributed by atoms with Gasteiger partial charge >= 0.3 is 0 Å². The van der Waals surface area contributed by atoms with Crippen molar-refractivity contribution in [2.75, 3.05) is 26.7 Å². The highest BCUT2D eigenvalue weighted by Gasteiger charge is 2.20. The number of rotatable bonds is 11. The van der Waals surface area contributed by atoms with Gasteiger partial charge in [0.15, 0.2) is 0 Å². The van der Waals surface area contributed by atoms with Crippen LogP contribution in [0.5, 0.6) is 5.75 Å². The van der Waals surface area contributed by atoms with Gasteiger partial charge in [-0.1, -0.05) is 12.1 Å². The average Bonchev–Trinajstić information content (AvgIpc) is 2.57. The van der Waals surface area contributed by atoms with Crippen LogP contribution in [0.25, 0.3) is 0 Å². The summed E-state index contributed by atoms with van der Waals surface area (Å²) >= 11 is 5.51. The molecule has 0 aromatic heterocycles. The van der Waals surface area contributed by atoms with E-state index in [1.54, 1.807) is 14.2 Å². The summed E-state index contributed by atoms with van der Waals surface area (Å²) in [5.74, 6) is 0.820. The van der Waals surface area contributed by atoms with Crippen LogP contribution in [0.3, 0.4) is 0 Å². The first-order chi connectivity index (χ1) is 10.6. The molecule has 0 radical (unpaired) electrons. The smallest absolute Gasteiger partial charge is 0.118 e. The molecule has 0 bridgehead atoms. The van der Waals surface area contributed by atoms with E-state index < -0.39 is 12.2 Å². The number of hydrogen-bond donors (Lipinski definition) is 2. The van der Waals surface area contributed by atoms with Crippen LogP contribution in [0.15, 0.2) is 24.3 Å². The molecule has 0 aliphatic rings. The second kappa shape index (κ2) is 10.8. The number of aliphatic hydroxyl groups excluding tert-OH is 2. The summed E-state index contributed by atoms with van der Waals surface area (Å²) in [5.41, 5.74) is 1.06. The molecule has 0 heterocycles. The zero-order valence-corrected chi connectivity index (χ0v) is 13.8. The topological polar surface area (TPSA) is 68.2 Å². The maximum atomic E-state index is 9.74. The molecule has 22 heavy (non-hydrogen) atoms. The molecular weight excluding hydrogens is 308 g/mol. The van der Waals surface area contributed by atoms with E-state index >= 15 is 0 Å². The van der Waals surface area contributed by atoms with Crippen molar-refractivity contribution < 1.29 is 24.4 Å². The first kappa shape index (κ1) is 19.2. The molecule has 0 fully saturated rings. The lowest BCUT2D eigenvalue weighted by Gasteiger charge is -2.21. The monoisotopic (exact) mass is 332 g/mol. The molecule has 0 aliphatic heterocycles. The molecule has 0 saturated heterocycles. The number of alkyl halides is 1. The van der Waals surface area contributed by atoms with Gasteiger partial charge in [-0.25, -0.2) is 0 Å². The predicted octanol–water partition coefficient (Wildman–Crippen LogP) is 1.97. The quantitative estimate of drug-likeness (QED) is 0.479. The van der Waals surface area contributed by atoms with Crippen molar-refractivity contribution in [3.05, 3.63) is 29.8 Å². The highest BCUT2D eigenvalue weighted by molar-refractivity contribution is 6.18. The second-order valence-electron chi connectivity index (χ2n) is 5.07. The lowest BCUT2D eigenvalue weighted by Crippen LogP contribution is -2.32. The van der Waals surface area contributed by atoms with Gasteiger partial charge in [-0.05, 0) is 24.1 Å². The molecule has 1 rings (SSSR count). The molecule has 0 amide bonds. The Bertz CT molecular complexity index is 398. The van der Waals surface area contributed by atoms with Gasteiger partial charge in [0, 0.05) is 20.1 Å². The first-order valence-electron chi connectivity index (χ1n) is 7.26. The van der Waals surface area contributed by atoms with Crippen LogP contribution < -0.4 is 4.74 Å². The van der Waals surface area contributed by atoms with E-state index in [1.807, 2.05) is 24.3 Å². The van der Waals surface area contributed by atoms with Gasteiger partial charge in [-0.15, -0.1) is 11.6 Å². The Morgan fingerprint density at radius 2 is 1.77 bits per heavy atom. The Labute approximate surface area is 136 Å². The van der Waals surface area contributed by atoms with Crippen LogP contribution in [0.2, 0.25) is 0 Å². The number of hydrogen-bond acceptors (Lipinski definition) is 5. The largest absolute Gasteiger partial charge is 0.497 e. The second-order valence-corrected chi connectivity index (χ2v) is 5.38. The molecule has 1 aromatic carbocycles. The van der Waals surface area contributed by atoms with Crippen molar-refractivity contribution in [3.63, 3.8) is 0 Å². The Morgan fingerprint density at radius 1 is 1.09 bits per heavy atom. The standard InChI is InChI=1S/C16H25ClO5/c1-20-13-5-3-12(4-6-13)11-22-8-7-14(21-2)9-15(18)16(19)10-17/h3-6,14-16,18-19H,7-11H2,1-2H3/t14-,15+,16+/m0/s1. The highest BCUT2D eigenvalue weighted by atomic mass is 35.5. The number of aliphatic hydroxyl groups is 2. The normalized spacial score (nSPS) is 15.3. The molecule has 5 nitrogen and oxygen atoms in total. The Balaban J connectivity index is 2.25. The third-order valence-corrected chi connectivity index (χ3v) is 3.77. The summed E-state index contributed by atoms with van der Waals surface area (Å²) in [4.78, 5) is 0. The van der Waals surface area contributed by atoms with Crippen LogP contribution in [0.4, 0.5) is 0 Å². The van der Waals surface area contributed by atoms with E-state index in [9.17, 15) is 10.2 Å².